The van der Waals surface area contributed by atoms with E-state index < -0.39 is 17.5 Å². The van der Waals surface area contributed by atoms with Crippen molar-refractivity contribution in [3.05, 3.63) is 63.4 Å². The molecule has 1 aromatic carbocycles. The number of nitrogens with zero attached hydrogens (tertiary/aromatic N) is 2. The molecule has 2 aliphatic heterocycles. The number of cyclic esters (lactones) is 1. The molecule has 0 fully saturated rings. The van der Waals surface area contributed by atoms with E-state index in [9.17, 15) is 19.2 Å². The van der Waals surface area contributed by atoms with Crippen LogP contribution >= 0.6 is 0 Å². The predicted octanol–water partition coefficient (Wildman–Crippen LogP) is 3.00. The molecule has 1 atom stereocenters. The Balaban J connectivity index is 1.64. The van der Waals surface area contributed by atoms with Gasteiger partial charge >= 0.3 is 11.9 Å². The largest absolute Gasteiger partial charge is 0.457 e. The number of carbonyl (C=O) groups is 3. The van der Waals surface area contributed by atoms with E-state index in [1.54, 1.807) is 17.6 Å². The Kier molecular flexibility index (Phi) is 5.08. The Morgan fingerprint density at radius 3 is 2.88 bits per heavy atom. The van der Waals surface area contributed by atoms with Gasteiger partial charge in [0, 0.05) is 29.4 Å². The molecule has 0 saturated heterocycles. The summed E-state index contributed by atoms with van der Waals surface area (Å²) in [7, 11) is 0. The number of hydrogen-bond acceptors (Lipinski definition) is 7. The molecule has 2 aliphatic rings. The third kappa shape index (κ3) is 3.25. The van der Waals surface area contributed by atoms with Crippen LogP contribution in [0.1, 0.15) is 49.3 Å². The number of pyridine rings is 2. The van der Waals surface area contributed by atoms with Gasteiger partial charge in [-0.25, -0.2) is 9.78 Å². The van der Waals surface area contributed by atoms with Crippen LogP contribution in [0.3, 0.4) is 0 Å². The molecule has 0 saturated carbocycles. The van der Waals surface area contributed by atoms with Gasteiger partial charge in [0.15, 0.2) is 0 Å². The monoisotopic (exact) mass is 446 g/mol. The molecule has 0 bridgehead atoms. The summed E-state index contributed by atoms with van der Waals surface area (Å²) in [6.07, 6.45) is 1.37. The first-order valence-corrected chi connectivity index (χ1v) is 11.0. The summed E-state index contributed by atoms with van der Waals surface area (Å²) >= 11 is 0. The number of para-hydroxylation sites is 1. The van der Waals surface area contributed by atoms with E-state index in [-0.39, 0.29) is 31.4 Å². The number of carbonyl (C=O) groups excluding carboxylic acids is 3. The molecule has 168 valence electrons. The number of fused-ring (bicyclic) bond motifs is 5. The molecule has 0 radical (unpaired) electrons. The van der Waals surface area contributed by atoms with Gasteiger partial charge in [0.25, 0.3) is 5.56 Å². The van der Waals surface area contributed by atoms with Crippen molar-refractivity contribution in [2.24, 2.45) is 0 Å². The van der Waals surface area contributed by atoms with E-state index in [2.05, 4.69) is 0 Å². The second-order valence-corrected chi connectivity index (χ2v) is 8.29. The maximum Gasteiger partial charge on any atom is 0.355 e. The first-order valence-electron chi connectivity index (χ1n) is 11.0. The standard InChI is InChI=1S/C25H22N2O6/c1-2-25(33-21(29)9-5-6-10-28)18-12-20-22-16(11-15-7-3-4-8-19(15)26-22)13-27(20)23(30)17(18)14-32-24(25)31/h3-4,7-8,10-12H,2,5-6,9,13-14H2,1H3/t25-/m0/s1. The number of rotatable bonds is 6. The number of unbranched alkanes of at least 4 members (excludes halogenated alkanes) is 1. The SMILES string of the molecule is CC[C@@]1(OC(=O)CCCC=O)C(=O)OCc2c1cc1n(c2=O)Cc2cc3ccccc3nc2-1. The molecule has 0 unspecified atom stereocenters. The van der Waals surface area contributed by atoms with Crippen LogP contribution in [0.4, 0.5) is 0 Å². The zero-order valence-corrected chi connectivity index (χ0v) is 18.1. The van der Waals surface area contributed by atoms with Crippen molar-refractivity contribution in [1.82, 2.24) is 9.55 Å². The third-order valence-electron chi connectivity index (χ3n) is 6.38. The number of esters is 2. The minimum atomic E-state index is -1.71. The fourth-order valence-electron chi connectivity index (χ4n) is 4.66. The predicted molar refractivity (Wildman–Crippen MR) is 118 cm³/mol. The van der Waals surface area contributed by atoms with Crippen LogP contribution in [0.2, 0.25) is 0 Å². The summed E-state index contributed by atoms with van der Waals surface area (Å²) in [5, 5.41) is 0.979. The van der Waals surface area contributed by atoms with Gasteiger partial charge in [0.05, 0.1) is 29.0 Å². The minimum Gasteiger partial charge on any atom is -0.457 e. The van der Waals surface area contributed by atoms with Gasteiger partial charge in [0.1, 0.15) is 12.9 Å². The molecular formula is C25H22N2O6. The zero-order valence-electron chi connectivity index (χ0n) is 18.1. The average molecular weight is 446 g/mol. The van der Waals surface area contributed by atoms with Gasteiger partial charge in [-0.2, -0.15) is 0 Å². The molecule has 0 spiro atoms. The van der Waals surface area contributed by atoms with E-state index in [0.717, 1.165) is 22.8 Å². The lowest BCUT2D eigenvalue weighted by atomic mass is 9.85. The van der Waals surface area contributed by atoms with Crippen LogP contribution in [0.5, 0.6) is 0 Å². The summed E-state index contributed by atoms with van der Waals surface area (Å²) < 4.78 is 12.6. The molecule has 5 rings (SSSR count). The lowest BCUT2D eigenvalue weighted by molar-refractivity contribution is -0.189. The Labute approximate surface area is 189 Å². The summed E-state index contributed by atoms with van der Waals surface area (Å²) in [5.41, 5.74) is 1.64. The van der Waals surface area contributed by atoms with Gasteiger partial charge in [0.2, 0.25) is 5.60 Å². The summed E-state index contributed by atoms with van der Waals surface area (Å²) in [5.74, 6) is -1.32. The van der Waals surface area contributed by atoms with Crippen molar-refractivity contribution >= 4 is 29.1 Å². The summed E-state index contributed by atoms with van der Waals surface area (Å²) in [4.78, 5) is 54.2. The average Bonchev–Trinajstić information content (AvgIpc) is 3.17. The van der Waals surface area contributed by atoms with Crippen molar-refractivity contribution in [2.45, 2.75) is 51.4 Å². The highest BCUT2D eigenvalue weighted by atomic mass is 16.6. The van der Waals surface area contributed by atoms with Crippen LogP contribution in [-0.4, -0.2) is 27.8 Å². The topological polar surface area (TPSA) is 105 Å². The molecule has 4 heterocycles. The number of aldehydes is 1. The molecule has 0 N–H and O–H groups in total. The smallest absolute Gasteiger partial charge is 0.355 e. The van der Waals surface area contributed by atoms with E-state index in [0.29, 0.717) is 35.5 Å². The molecular weight excluding hydrogens is 424 g/mol. The van der Waals surface area contributed by atoms with Crippen LogP contribution in [0.25, 0.3) is 22.3 Å². The van der Waals surface area contributed by atoms with Crippen LogP contribution in [0.15, 0.2) is 41.2 Å². The second kappa shape index (κ2) is 7.95. The minimum absolute atomic E-state index is 0.0105. The molecule has 8 heteroatoms. The van der Waals surface area contributed by atoms with Crippen molar-refractivity contribution < 1.29 is 23.9 Å². The van der Waals surface area contributed by atoms with Gasteiger partial charge in [-0.05, 0) is 31.0 Å². The van der Waals surface area contributed by atoms with E-state index >= 15 is 0 Å². The first-order chi connectivity index (χ1) is 16.0. The van der Waals surface area contributed by atoms with Crippen LogP contribution in [0, 0.1) is 0 Å². The highest BCUT2D eigenvalue weighted by Gasteiger charge is 2.50. The number of benzene rings is 1. The van der Waals surface area contributed by atoms with Gasteiger partial charge in [-0.1, -0.05) is 25.1 Å². The number of hydrogen-bond donors (Lipinski definition) is 0. The van der Waals surface area contributed by atoms with Crippen molar-refractivity contribution in [3.8, 4) is 11.4 Å². The highest BCUT2D eigenvalue weighted by molar-refractivity contribution is 5.88. The fraction of sp³-hybridized carbons (Fsp3) is 0.320. The maximum atomic E-state index is 13.4. The van der Waals surface area contributed by atoms with E-state index in [4.69, 9.17) is 14.5 Å². The van der Waals surface area contributed by atoms with Crippen molar-refractivity contribution in [1.29, 1.82) is 0 Å². The van der Waals surface area contributed by atoms with E-state index in [1.807, 2.05) is 30.3 Å². The summed E-state index contributed by atoms with van der Waals surface area (Å²) in [6.45, 7) is 1.90. The highest BCUT2D eigenvalue weighted by Crippen LogP contribution is 2.41. The lowest BCUT2D eigenvalue weighted by Crippen LogP contribution is -2.47. The fourth-order valence-corrected chi connectivity index (χ4v) is 4.66. The van der Waals surface area contributed by atoms with Crippen molar-refractivity contribution in [2.75, 3.05) is 0 Å². The van der Waals surface area contributed by atoms with Crippen LogP contribution in [-0.2, 0) is 42.6 Å². The Bertz CT molecular complexity index is 1380. The molecule has 0 aliphatic carbocycles. The Hall–Kier alpha value is -3.81. The third-order valence-corrected chi connectivity index (χ3v) is 6.38. The second-order valence-electron chi connectivity index (χ2n) is 8.29. The van der Waals surface area contributed by atoms with Gasteiger partial charge in [-0.15, -0.1) is 0 Å². The Morgan fingerprint density at radius 1 is 1.27 bits per heavy atom. The molecule has 0 amide bonds. The van der Waals surface area contributed by atoms with Gasteiger partial charge in [-0.3, -0.25) is 9.59 Å². The normalized spacial score (nSPS) is 18.3. The molecule has 3 aromatic rings. The van der Waals surface area contributed by atoms with Gasteiger partial charge < -0.3 is 18.8 Å². The quantitative estimate of drug-likeness (QED) is 0.255. The van der Waals surface area contributed by atoms with Crippen molar-refractivity contribution in [3.63, 3.8) is 0 Å². The zero-order chi connectivity index (χ0) is 23.2. The molecule has 8 nitrogen and oxygen atoms in total. The van der Waals surface area contributed by atoms with Crippen LogP contribution < -0.4 is 5.56 Å². The molecule has 33 heavy (non-hydrogen) atoms. The first kappa shape index (κ1) is 21.1. The Morgan fingerprint density at radius 2 is 2.09 bits per heavy atom. The molecule has 2 aromatic heterocycles. The summed E-state index contributed by atoms with van der Waals surface area (Å²) in [6, 6.07) is 11.5. The number of aromatic nitrogens is 2. The van der Waals surface area contributed by atoms with E-state index in [1.165, 1.54) is 0 Å². The lowest BCUT2D eigenvalue weighted by Gasteiger charge is -2.35. The number of ether oxygens (including phenoxy) is 2. The maximum absolute atomic E-state index is 13.4.